The Bertz CT molecular complexity index is 1430. The Morgan fingerprint density at radius 3 is 2.77 bits per heavy atom. The minimum absolute atomic E-state index is 0.0356. The zero-order chi connectivity index (χ0) is 28.2. The normalized spacial score (nSPS) is 21.8. The fourth-order valence-corrected chi connectivity index (χ4v) is 4.90. The summed E-state index contributed by atoms with van der Waals surface area (Å²) in [5, 5.41) is 0. The number of ether oxygens (including phenoxy) is 3. The number of nitrogens with one attached hydrogen (secondary N) is 1. The molecule has 2 aromatic rings. The maximum absolute atomic E-state index is 13.0. The molecule has 1 unspecified atom stereocenters. The first-order valence-corrected chi connectivity index (χ1v) is 13.7. The van der Waals surface area contributed by atoms with Crippen LogP contribution in [0.15, 0.2) is 46.1 Å². The highest BCUT2D eigenvalue weighted by molar-refractivity contribution is 7.49. The predicted molar refractivity (Wildman–Crippen MR) is 135 cm³/mol. The van der Waals surface area contributed by atoms with Gasteiger partial charge in [-0.05, 0) is 37.1 Å². The molecule has 0 saturated heterocycles. The molecule has 0 bridgehead atoms. The summed E-state index contributed by atoms with van der Waals surface area (Å²) in [5.41, 5.74) is 0.697. The molecular weight excluding hydrogens is 535 g/mol. The average molecular weight is 564 g/mol. The van der Waals surface area contributed by atoms with Gasteiger partial charge in [0.15, 0.2) is 6.23 Å². The van der Waals surface area contributed by atoms with Gasteiger partial charge >= 0.3 is 25.5 Å². The number of aromatic amines is 1. The molecule has 13 nitrogen and oxygen atoms in total. The Hall–Kier alpha value is -3.51. The lowest BCUT2D eigenvalue weighted by Gasteiger charge is -2.26. The fraction of sp³-hybridized carbons (Fsp3) is 0.440. The number of carbonyl (C=O) groups is 2. The summed E-state index contributed by atoms with van der Waals surface area (Å²) in [4.78, 5) is 49.2. The van der Waals surface area contributed by atoms with Crippen molar-refractivity contribution in [1.29, 1.82) is 0 Å². The molecule has 2 aliphatic rings. The molecule has 3 heterocycles. The second kappa shape index (κ2) is 12.1. The van der Waals surface area contributed by atoms with Crippen LogP contribution in [-0.2, 0) is 50.4 Å². The quantitative estimate of drug-likeness (QED) is 0.195. The van der Waals surface area contributed by atoms with Crippen LogP contribution in [-0.4, -0.2) is 41.0 Å². The van der Waals surface area contributed by atoms with Crippen molar-refractivity contribution < 1.29 is 41.9 Å². The van der Waals surface area contributed by atoms with E-state index in [1.165, 1.54) is 10.8 Å². The highest BCUT2D eigenvalue weighted by atomic mass is 31.2. The van der Waals surface area contributed by atoms with Gasteiger partial charge in [-0.1, -0.05) is 26.0 Å². The number of esters is 2. The van der Waals surface area contributed by atoms with E-state index in [0.717, 1.165) is 5.56 Å². The van der Waals surface area contributed by atoms with E-state index in [9.17, 15) is 23.7 Å². The molecule has 0 aliphatic carbocycles. The fourth-order valence-electron chi connectivity index (χ4n) is 3.67. The van der Waals surface area contributed by atoms with Gasteiger partial charge in [0.1, 0.15) is 11.9 Å². The molecule has 1 aromatic carbocycles. The molecule has 4 rings (SSSR count). The minimum atomic E-state index is -3.93. The lowest BCUT2D eigenvalue weighted by molar-refractivity contribution is -0.169. The van der Waals surface area contributed by atoms with E-state index in [2.05, 4.69) is 4.98 Å². The molecule has 0 radical (unpaired) electrons. The summed E-state index contributed by atoms with van der Waals surface area (Å²) in [7, 11) is -3.93. The van der Waals surface area contributed by atoms with Crippen molar-refractivity contribution >= 4 is 19.8 Å². The molecule has 0 saturated carbocycles. The maximum atomic E-state index is 13.0. The van der Waals surface area contributed by atoms with Crippen LogP contribution in [0, 0.1) is 12.8 Å². The Labute approximate surface area is 223 Å². The van der Waals surface area contributed by atoms with E-state index in [-0.39, 0.29) is 25.6 Å². The summed E-state index contributed by atoms with van der Waals surface area (Å²) in [6.07, 6.45) is 3.70. The van der Waals surface area contributed by atoms with Crippen LogP contribution in [0.3, 0.4) is 0 Å². The topological polar surface area (TPSA) is 161 Å². The van der Waals surface area contributed by atoms with Gasteiger partial charge in [-0.2, -0.15) is 0 Å². The van der Waals surface area contributed by atoms with Gasteiger partial charge in [0, 0.05) is 23.7 Å². The Balaban J connectivity index is 1.25. The first-order valence-electron chi connectivity index (χ1n) is 12.2. The van der Waals surface area contributed by atoms with Crippen molar-refractivity contribution in [3.05, 3.63) is 74.1 Å². The summed E-state index contributed by atoms with van der Waals surface area (Å²) < 4.78 is 46.0. The Kier molecular flexibility index (Phi) is 8.86. The third-order valence-corrected chi connectivity index (χ3v) is 7.18. The molecule has 39 heavy (non-hydrogen) atoms. The number of aromatic nitrogens is 2. The zero-order valence-electron chi connectivity index (χ0n) is 21.6. The third kappa shape index (κ3) is 7.33. The second-order valence-corrected chi connectivity index (χ2v) is 10.8. The van der Waals surface area contributed by atoms with Gasteiger partial charge in [0.05, 0.1) is 19.1 Å². The highest BCUT2D eigenvalue weighted by Gasteiger charge is 2.36. The number of rotatable bonds is 10. The SMILES string of the molecule is Cc1cn([C@H]2C=C[C@@H](COP3(=O)OCc4cc(CCC(=O)OCOC(=O)C(C)C)ccc4O3)O2)c(=O)[nH]c1=O. The van der Waals surface area contributed by atoms with E-state index >= 15 is 0 Å². The number of benzene rings is 1. The van der Waals surface area contributed by atoms with E-state index in [1.807, 2.05) is 0 Å². The largest absolute Gasteiger partial charge is 0.530 e. The van der Waals surface area contributed by atoms with Crippen LogP contribution >= 0.6 is 7.82 Å². The summed E-state index contributed by atoms with van der Waals surface area (Å²) in [6.45, 7) is 4.30. The molecule has 210 valence electrons. The number of hydrogen-bond acceptors (Lipinski definition) is 11. The second-order valence-electron chi connectivity index (χ2n) is 9.23. The van der Waals surface area contributed by atoms with Gasteiger partial charge in [-0.15, -0.1) is 0 Å². The molecule has 0 amide bonds. The van der Waals surface area contributed by atoms with Crippen molar-refractivity contribution in [3.63, 3.8) is 0 Å². The molecular formula is C25H29N2O11P. The molecule has 2 aliphatic heterocycles. The lowest BCUT2D eigenvalue weighted by Crippen LogP contribution is -2.33. The number of phosphoric ester groups is 1. The minimum Gasteiger partial charge on any atom is -0.428 e. The van der Waals surface area contributed by atoms with Gasteiger partial charge in [0.25, 0.3) is 5.56 Å². The van der Waals surface area contributed by atoms with Crippen LogP contribution in [0.2, 0.25) is 0 Å². The standard InChI is InChI=1S/C25H29N2O11P/c1-15(2)24(30)34-14-33-22(28)9-5-17-4-7-20-18(10-17)12-35-39(32,38-20)36-13-19-6-8-21(37-19)27-11-16(3)23(29)26-25(27)31/h4,6-8,10-11,15,19,21H,5,9,12-14H2,1-3H3,(H,26,29,31)/t19-,21+,39?/m0/s1. The highest BCUT2D eigenvalue weighted by Crippen LogP contribution is 2.54. The van der Waals surface area contributed by atoms with Gasteiger partial charge in [-0.3, -0.25) is 33.0 Å². The van der Waals surface area contributed by atoms with Crippen molar-refractivity contribution in [2.24, 2.45) is 5.92 Å². The molecule has 3 atom stereocenters. The Morgan fingerprint density at radius 2 is 2.00 bits per heavy atom. The zero-order valence-corrected chi connectivity index (χ0v) is 22.5. The van der Waals surface area contributed by atoms with Crippen molar-refractivity contribution in [2.45, 2.75) is 52.6 Å². The maximum Gasteiger partial charge on any atom is 0.530 e. The van der Waals surface area contributed by atoms with Crippen molar-refractivity contribution in [3.8, 4) is 5.75 Å². The van der Waals surface area contributed by atoms with Crippen LogP contribution in [0.25, 0.3) is 0 Å². The van der Waals surface area contributed by atoms with Crippen LogP contribution in [0.4, 0.5) is 0 Å². The number of nitrogens with zero attached hydrogens (tertiary/aromatic N) is 1. The van der Waals surface area contributed by atoms with Crippen LogP contribution < -0.4 is 15.8 Å². The average Bonchev–Trinajstić information content (AvgIpc) is 3.37. The van der Waals surface area contributed by atoms with E-state index in [4.69, 9.17) is 27.8 Å². The van der Waals surface area contributed by atoms with E-state index in [1.54, 1.807) is 51.1 Å². The number of hydrogen-bond donors (Lipinski definition) is 1. The monoisotopic (exact) mass is 564 g/mol. The predicted octanol–water partition coefficient (Wildman–Crippen LogP) is 2.67. The van der Waals surface area contributed by atoms with E-state index in [0.29, 0.717) is 23.3 Å². The number of phosphoric acid groups is 1. The molecule has 0 fully saturated rings. The summed E-state index contributed by atoms with van der Waals surface area (Å²) >= 11 is 0. The summed E-state index contributed by atoms with van der Waals surface area (Å²) in [5.74, 6) is -0.948. The van der Waals surface area contributed by atoms with Gasteiger partial charge in [0.2, 0.25) is 6.79 Å². The van der Waals surface area contributed by atoms with Crippen molar-refractivity contribution in [2.75, 3.05) is 13.4 Å². The number of aryl methyl sites for hydroxylation is 2. The van der Waals surface area contributed by atoms with E-state index < -0.39 is 50.1 Å². The third-order valence-electron chi connectivity index (χ3n) is 5.85. The number of fused-ring (bicyclic) bond motifs is 1. The number of H-pyrrole nitrogens is 1. The molecule has 1 aromatic heterocycles. The lowest BCUT2D eigenvalue weighted by atomic mass is 10.1. The molecule has 14 heteroatoms. The first kappa shape index (κ1) is 28.5. The number of carbonyl (C=O) groups excluding carboxylic acids is 2. The van der Waals surface area contributed by atoms with Gasteiger partial charge < -0.3 is 18.7 Å². The van der Waals surface area contributed by atoms with Gasteiger partial charge in [-0.25, -0.2) is 9.36 Å². The first-order chi connectivity index (χ1) is 18.5. The molecule has 0 spiro atoms. The molecule has 1 N–H and O–H groups in total. The Morgan fingerprint density at radius 1 is 1.21 bits per heavy atom. The summed E-state index contributed by atoms with van der Waals surface area (Å²) in [6, 6.07) is 5.10. The smallest absolute Gasteiger partial charge is 0.428 e. The van der Waals surface area contributed by atoms with Crippen LogP contribution in [0.1, 0.15) is 43.2 Å². The van der Waals surface area contributed by atoms with Crippen molar-refractivity contribution in [1.82, 2.24) is 9.55 Å². The van der Waals surface area contributed by atoms with Crippen LogP contribution in [0.5, 0.6) is 5.75 Å².